The fraction of sp³-hybridized carbons (Fsp3) is 0.290. The molecule has 2 heterocycles. The quantitative estimate of drug-likeness (QED) is 0.314. The Morgan fingerprint density at radius 3 is 2.05 bits per heavy atom. The van der Waals surface area contributed by atoms with Gasteiger partial charge in [-0.15, -0.1) is 0 Å². The van der Waals surface area contributed by atoms with Crippen molar-refractivity contribution >= 4 is 22.9 Å². The van der Waals surface area contributed by atoms with Crippen molar-refractivity contribution in [2.75, 3.05) is 26.2 Å². The van der Waals surface area contributed by atoms with Gasteiger partial charge >= 0.3 is 6.09 Å². The van der Waals surface area contributed by atoms with Crippen LogP contribution in [0.3, 0.4) is 0 Å². The largest absolute Gasteiger partial charge is 0.444 e. The smallest absolute Gasteiger partial charge is 0.410 e. The third-order valence-electron chi connectivity index (χ3n) is 6.45. The maximum absolute atomic E-state index is 14.2. The third kappa shape index (κ3) is 5.37. The van der Waals surface area contributed by atoms with Gasteiger partial charge in [-0.25, -0.2) is 4.79 Å². The minimum atomic E-state index is -0.568. The zero-order valence-corrected chi connectivity index (χ0v) is 22.1. The second kappa shape index (κ2) is 10.6. The van der Waals surface area contributed by atoms with Crippen LogP contribution in [0, 0.1) is 0 Å². The van der Waals surface area contributed by atoms with E-state index in [0.717, 1.165) is 16.6 Å². The summed E-state index contributed by atoms with van der Waals surface area (Å²) in [5, 5.41) is 0.820. The highest BCUT2D eigenvalue weighted by molar-refractivity contribution is 6.10. The van der Waals surface area contributed by atoms with Gasteiger partial charge in [0.1, 0.15) is 16.9 Å². The maximum Gasteiger partial charge on any atom is 0.410 e. The van der Waals surface area contributed by atoms with E-state index in [2.05, 4.69) is 0 Å². The molecule has 0 radical (unpaired) electrons. The molecule has 0 N–H and O–H groups in total. The molecule has 0 aliphatic carbocycles. The van der Waals surface area contributed by atoms with Crippen molar-refractivity contribution in [2.45, 2.75) is 32.8 Å². The Balaban J connectivity index is 1.54. The molecule has 2 amide bonds. The van der Waals surface area contributed by atoms with E-state index in [4.69, 9.17) is 9.47 Å². The van der Waals surface area contributed by atoms with Gasteiger partial charge in [-0.05, 0) is 57.5 Å². The molecule has 0 saturated carbocycles. The van der Waals surface area contributed by atoms with Gasteiger partial charge in [-0.1, -0.05) is 54.6 Å². The standard InChI is InChI=1S/C31H33N3O4/c1-31(2,3)38-30(36)33-20-12-19-32(21-22-33)28(35)27-25-17-10-11-18-26(25)34(23-13-6-4-7-14-23)29(27)37-24-15-8-5-9-16-24/h4-11,13-18H,12,19-22H2,1-3H3. The second-order valence-electron chi connectivity index (χ2n) is 10.4. The van der Waals surface area contributed by atoms with Crippen LogP contribution >= 0.6 is 0 Å². The first-order valence-electron chi connectivity index (χ1n) is 13.0. The first-order chi connectivity index (χ1) is 18.3. The van der Waals surface area contributed by atoms with E-state index in [1.165, 1.54) is 0 Å². The Morgan fingerprint density at radius 1 is 0.737 bits per heavy atom. The van der Waals surface area contributed by atoms with Crippen LogP contribution in [0.15, 0.2) is 84.9 Å². The SMILES string of the molecule is CC(C)(C)OC(=O)N1CCCN(C(=O)c2c(Oc3ccccc3)n(-c3ccccc3)c3ccccc23)CC1. The molecule has 4 aromatic rings. The predicted molar refractivity (Wildman–Crippen MR) is 148 cm³/mol. The van der Waals surface area contributed by atoms with Gasteiger partial charge in [0.05, 0.1) is 5.52 Å². The molecule has 196 valence electrons. The van der Waals surface area contributed by atoms with Crippen LogP contribution in [0.25, 0.3) is 16.6 Å². The van der Waals surface area contributed by atoms with Crippen LogP contribution in [0.1, 0.15) is 37.6 Å². The number of amides is 2. The predicted octanol–water partition coefficient (Wildman–Crippen LogP) is 6.51. The minimum Gasteiger partial charge on any atom is -0.444 e. The molecule has 1 saturated heterocycles. The number of benzene rings is 3. The first-order valence-corrected chi connectivity index (χ1v) is 13.0. The third-order valence-corrected chi connectivity index (χ3v) is 6.45. The lowest BCUT2D eigenvalue weighted by Crippen LogP contribution is -2.40. The van der Waals surface area contributed by atoms with Crippen LogP contribution in [0.4, 0.5) is 4.79 Å². The molecule has 3 aromatic carbocycles. The number of carbonyl (C=O) groups excluding carboxylic acids is 2. The molecule has 0 spiro atoms. The molecule has 5 rings (SSSR count). The van der Waals surface area contributed by atoms with Gasteiger partial charge < -0.3 is 19.3 Å². The Hall–Kier alpha value is -4.26. The number of hydrogen-bond acceptors (Lipinski definition) is 4. The van der Waals surface area contributed by atoms with Gasteiger partial charge in [0.25, 0.3) is 5.91 Å². The van der Waals surface area contributed by atoms with E-state index in [1.54, 1.807) is 4.90 Å². The monoisotopic (exact) mass is 511 g/mol. The summed E-state index contributed by atoms with van der Waals surface area (Å²) in [7, 11) is 0. The van der Waals surface area contributed by atoms with E-state index in [1.807, 2.05) is 115 Å². The Morgan fingerprint density at radius 2 is 1.34 bits per heavy atom. The average Bonchev–Trinajstić information content (AvgIpc) is 3.03. The van der Waals surface area contributed by atoms with Crippen molar-refractivity contribution in [3.8, 4) is 17.3 Å². The zero-order chi connectivity index (χ0) is 26.7. The molecular weight excluding hydrogens is 478 g/mol. The highest BCUT2D eigenvalue weighted by Crippen LogP contribution is 2.38. The maximum atomic E-state index is 14.2. The summed E-state index contributed by atoms with van der Waals surface area (Å²) >= 11 is 0. The normalized spacial score (nSPS) is 14.3. The lowest BCUT2D eigenvalue weighted by atomic mass is 10.1. The van der Waals surface area contributed by atoms with E-state index in [0.29, 0.717) is 49.8 Å². The molecule has 7 nitrogen and oxygen atoms in total. The van der Waals surface area contributed by atoms with Crippen molar-refractivity contribution < 1.29 is 19.1 Å². The van der Waals surface area contributed by atoms with Crippen molar-refractivity contribution in [3.63, 3.8) is 0 Å². The van der Waals surface area contributed by atoms with Crippen LogP contribution < -0.4 is 4.74 Å². The van der Waals surface area contributed by atoms with Gasteiger partial charge in [0, 0.05) is 37.3 Å². The number of hydrogen-bond donors (Lipinski definition) is 0. The highest BCUT2D eigenvalue weighted by Gasteiger charge is 2.31. The first kappa shape index (κ1) is 25.4. The number of rotatable bonds is 4. The summed E-state index contributed by atoms with van der Waals surface area (Å²) in [6, 6.07) is 27.3. The van der Waals surface area contributed by atoms with Crippen molar-refractivity contribution in [3.05, 3.63) is 90.5 Å². The Kier molecular flexibility index (Phi) is 7.09. The highest BCUT2D eigenvalue weighted by atomic mass is 16.6. The van der Waals surface area contributed by atoms with Crippen LogP contribution in [-0.2, 0) is 4.74 Å². The Labute approximate surface area is 223 Å². The van der Waals surface area contributed by atoms with E-state index in [9.17, 15) is 9.59 Å². The second-order valence-corrected chi connectivity index (χ2v) is 10.4. The molecule has 1 fully saturated rings. The molecule has 38 heavy (non-hydrogen) atoms. The topological polar surface area (TPSA) is 64.0 Å². The molecule has 0 bridgehead atoms. The van der Waals surface area contributed by atoms with Gasteiger partial charge in [0.15, 0.2) is 0 Å². The summed E-state index contributed by atoms with van der Waals surface area (Å²) < 4.78 is 14.0. The molecule has 0 unspecified atom stereocenters. The fourth-order valence-electron chi connectivity index (χ4n) is 4.74. The van der Waals surface area contributed by atoms with Crippen LogP contribution in [-0.4, -0.2) is 58.1 Å². The lowest BCUT2D eigenvalue weighted by Gasteiger charge is -2.26. The Bertz CT molecular complexity index is 1420. The molecule has 7 heteroatoms. The molecule has 1 aromatic heterocycles. The minimum absolute atomic E-state index is 0.118. The van der Waals surface area contributed by atoms with Crippen LogP contribution in [0.2, 0.25) is 0 Å². The van der Waals surface area contributed by atoms with Crippen molar-refractivity contribution in [2.24, 2.45) is 0 Å². The van der Waals surface area contributed by atoms with E-state index < -0.39 is 5.60 Å². The van der Waals surface area contributed by atoms with Gasteiger partial charge in [-0.3, -0.25) is 9.36 Å². The summed E-state index contributed by atoms with van der Waals surface area (Å²) in [5.74, 6) is 1.00. The molecule has 1 aliphatic heterocycles. The van der Waals surface area contributed by atoms with Crippen molar-refractivity contribution in [1.29, 1.82) is 0 Å². The summed E-state index contributed by atoms with van der Waals surface area (Å²) in [5.41, 5.74) is 1.74. The number of fused-ring (bicyclic) bond motifs is 1. The molecule has 1 aliphatic rings. The molecule has 0 atom stereocenters. The fourth-order valence-corrected chi connectivity index (χ4v) is 4.74. The van der Waals surface area contributed by atoms with E-state index in [-0.39, 0.29) is 12.0 Å². The number of para-hydroxylation sites is 3. The lowest BCUT2D eigenvalue weighted by molar-refractivity contribution is 0.0255. The average molecular weight is 512 g/mol. The molecular formula is C31H33N3O4. The van der Waals surface area contributed by atoms with Gasteiger partial charge in [-0.2, -0.15) is 0 Å². The van der Waals surface area contributed by atoms with Gasteiger partial charge in [0.2, 0.25) is 5.88 Å². The summed E-state index contributed by atoms with van der Waals surface area (Å²) in [6.07, 6.45) is 0.317. The summed E-state index contributed by atoms with van der Waals surface area (Å²) in [4.78, 5) is 30.4. The number of aromatic nitrogens is 1. The number of carbonyl (C=O) groups is 2. The van der Waals surface area contributed by atoms with E-state index >= 15 is 0 Å². The number of nitrogens with zero attached hydrogens (tertiary/aromatic N) is 3. The van der Waals surface area contributed by atoms with Crippen molar-refractivity contribution in [1.82, 2.24) is 14.4 Å². The summed E-state index contributed by atoms with van der Waals surface area (Å²) in [6.45, 7) is 7.46. The zero-order valence-electron chi connectivity index (χ0n) is 22.1. The van der Waals surface area contributed by atoms with Crippen LogP contribution in [0.5, 0.6) is 11.6 Å². The number of ether oxygens (including phenoxy) is 2.